The molecule has 3 aromatic heterocycles. The molecule has 0 aromatic carbocycles. The summed E-state index contributed by atoms with van der Waals surface area (Å²) in [5, 5.41) is 10.0. The van der Waals surface area contributed by atoms with Gasteiger partial charge in [-0.2, -0.15) is 5.10 Å². The minimum atomic E-state index is 0.449. The SMILES string of the molecule is CCNC(CCc1cnn(C)c1)c1cc2sccc2s1. The lowest BCUT2D eigenvalue weighted by atomic mass is 10.1. The van der Waals surface area contributed by atoms with Crippen molar-refractivity contribution in [2.45, 2.75) is 25.8 Å². The molecular formula is C15H19N3S2. The Morgan fingerprint density at radius 3 is 3.00 bits per heavy atom. The number of thiophene rings is 2. The highest BCUT2D eigenvalue weighted by atomic mass is 32.1. The van der Waals surface area contributed by atoms with Crippen molar-refractivity contribution in [3.05, 3.63) is 40.3 Å². The monoisotopic (exact) mass is 305 g/mol. The third-order valence-corrected chi connectivity index (χ3v) is 5.64. The Balaban J connectivity index is 1.73. The normalized spacial score (nSPS) is 13.1. The standard InChI is InChI=1S/C15H19N3S2/c1-3-16-12(5-4-11-9-17-18(2)10-11)14-8-15-13(20-14)6-7-19-15/h6-10,12,16H,3-5H2,1-2H3. The number of hydrogen-bond acceptors (Lipinski definition) is 4. The van der Waals surface area contributed by atoms with Gasteiger partial charge < -0.3 is 5.32 Å². The second-order valence-electron chi connectivity index (χ2n) is 4.97. The van der Waals surface area contributed by atoms with Gasteiger partial charge in [0.25, 0.3) is 0 Å². The summed E-state index contributed by atoms with van der Waals surface area (Å²) in [6.07, 6.45) is 6.26. The predicted molar refractivity (Wildman–Crippen MR) is 87.6 cm³/mol. The van der Waals surface area contributed by atoms with Gasteiger partial charge in [0.1, 0.15) is 0 Å². The van der Waals surface area contributed by atoms with Gasteiger partial charge in [-0.3, -0.25) is 4.68 Å². The molecule has 106 valence electrons. The van der Waals surface area contributed by atoms with E-state index in [2.05, 4.69) is 41.0 Å². The Bertz CT molecular complexity index is 651. The number of nitrogens with zero attached hydrogens (tertiary/aromatic N) is 2. The summed E-state index contributed by atoms with van der Waals surface area (Å²) in [4.78, 5) is 1.46. The van der Waals surface area contributed by atoms with E-state index >= 15 is 0 Å². The Hall–Kier alpha value is -1.17. The lowest BCUT2D eigenvalue weighted by Crippen LogP contribution is -2.20. The van der Waals surface area contributed by atoms with Gasteiger partial charge in [-0.25, -0.2) is 0 Å². The number of nitrogens with one attached hydrogen (secondary N) is 1. The molecule has 3 rings (SSSR count). The maximum absolute atomic E-state index is 4.24. The van der Waals surface area contributed by atoms with Crippen molar-refractivity contribution in [3.8, 4) is 0 Å². The van der Waals surface area contributed by atoms with Gasteiger partial charge in [0.05, 0.1) is 6.20 Å². The number of rotatable bonds is 6. The molecule has 1 unspecified atom stereocenters. The fraction of sp³-hybridized carbons (Fsp3) is 0.400. The van der Waals surface area contributed by atoms with Crippen LogP contribution in [-0.4, -0.2) is 16.3 Å². The first-order valence-electron chi connectivity index (χ1n) is 6.94. The van der Waals surface area contributed by atoms with Crippen molar-refractivity contribution >= 4 is 32.1 Å². The molecule has 0 radical (unpaired) electrons. The number of aromatic nitrogens is 2. The van der Waals surface area contributed by atoms with E-state index in [4.69, 9.17) is 0 Å². The highest BCUT2D eigenvalue weighted by Gasteiger charge is 2.14. The average molecular weight is 305 g/mol. The highest BCUT2D eigenvalue weighted by molar-refractivity contribution is 7.26. The van der Waals surface area contributed by atoms with Crippen LogP contribution in [0.3, 0.4) is 0 Å². The van der Waals surface area contributed by atoms with Crippen LogP contribution in [0.2, 0.25) is 0 Å². The molecule has 0 saturated carbocycles. The fourth-order valence-corrected chi connectivity index (χ4v) is 4.69. The first-order valence-corrected chi connectivity index (χ1v) is 8.63. The van der Waals surface area contributed by atoms with Crippen molar-refractivity contribution in [2.75, 3.05) is 6.54 Å². The minimum Gasteiger partial charge on any atom is -0.310 e. The molecule has 0 aliphatic heterocycles. The molecule has 3 aromatic rings. The van der Waals surface area contributed by atoms with E-state index in [0.717, 1.165) is 19.4 Å². The van der Waals surface area contributed by atoms with Crippen LogP contribution < -0.4 is 5.32 Å². The van der Waals surface area contributed by atoms with Crippen molar-refractivity contribution in [1.82, 2.24) is 15.1 Å². The summed E-state index contributed by atoms with van der Waals surface area (Å²) in [7, 11) is 1.97. The van der Waals surface area contributed by atoms with Crippen molar-refractivity contribution in [2.24, 2.45) is 7.05 Å². The summed E-state index contributed by atoms with van der Waals surface area (Å²) >= 11 is 3.75. The van der Waals surface area contributed by atoms with E-state index in [0.29, 0.717) is 6.04 Å². The fourth-order valence-electron chi connectivity index (χ4n) is 2.46. The molecule has 0 fully saturated rings. The summed E-state index contributed by atoms with van der Waals surface area (Å²) in [6, 6.07) is 5.02. The third kappa shape index (κ3) is 2.95. The molecule has 20 heavy (non-hydrogen) atoms. The highest BCUT2D eigenvalue weighted by Crippen LogP contribution is 2.34. The maximum Gasteiger partial charge on any atom is 0.0521 e. The van der Waals surface area contributed by atoms with E-state index in [-0.39, 0.29) is 0 Å². The molecule has 5 heteroatoms. The van der Waals surface area contributed by atoms with Crippen LogP contribution in [0, 0.1) is 0 Å². The summed E-state index contributed by atoms with van der Waals surface area (Å²) in [6.45, 7) is 3.18. The van der Waals surface area contributed by atoms with Crippen LogP contribution in [0.5, 0.6) is 0 Å². The van der Waals surface area contributed by atoms with Gasteiger partial charge in [-0.1, -0.05) is 6.92 Å². The molecule has 0 amide bonds. The lowest BCUT2D eigenvalue weighted by molar-refractivity contribution is 0.523. The predicted octanol–water partition coefficient (Wildman–Crippen LogP) is 3.98. The zero-order valence-electron chi connectivity index (χ0n) is 11.8. The molecule has 0 aliphatic rings. The third-order valence-electron chi connectivity index (χ3n) is 3.43. The van der Waals surface area contributed by atoms with E-state index in [1.54, 1.807) is 0 Å². The van der Waals surface area contributed by atoms with Crippen LogP contribution in [0.4, 0.5) is 0 Å². The molecule has 0 spiro atoms. The average Bonchev–Trinajstić information content (AvgIpc) is 3.09. The molecule has 0 saturated heterocycles. The molecule has 0 bridgehead atoms. The molecular weight excluding hydrogens is 286 g/mol. The first-order chi connectivity index (χ1) is 9.76. The number of hydrogen-bond donors (Lipinski definition) is 1. The summed E-state index contributed by atoms with van der Waals surface area (Å²) < 4.78 is 4.70. The van der Waals surface area contributed by atoms with Gasteiger partial charge >= 0.3 is 0 Å². The Labute approximate surface area is 127 Å². The van der Waals surface area contributed by atoms with Crippen LogP contribution in [0.1, 0.15) is 29.8 Å². The first kappa shape index (κ1) is 13.8. The summed E-state index contributed by atoms with van der Waals surface area (Å²) in [5.74, 6) is 0. The van der Waals surface area contributed by atoms with Crippen LogP contribution >= 0.6 is 22.7 Å². The smallest absolute Gasteiger partial charge is 0.0521 e. The van der Waals surface area contributed by atoms with Crippen molar-refractivity contribution in [3.63, 3.8) is 0 Å². The Kier molecular flexibility index (Phi) is 4.19. The quantitative estimate of drug-likeness (QED) is 0.746. The Morgan fingerprint density at radius 1 is 1.40 bits per heavy atom. The molecule has 3 heterocycles. The van der Waals surface area contributed by atoms with E-state index in [1.165, 1.54) is 19.8 Å². The molecule has 3 nitrogen and oxygen atoms in total. The van der Waals surface area contributed by atoms with Crippen molar-refractivity contribution < 1.29 is 0 Å². The zero-order chi connectivity index (χ0) is 13.9. The zero-order valence-corrected chi connectivity index (χ0v) is 13.4. The summed E-state index contributed by atoms with van der Waals surface area (Å²) in [5.41, 5.74) is 1.31. The maximum atomic E-state index is 4.24. The van der Waals surface area contributed by atoms with Crippen LogP contribution in [0.15, 0.2) is 29.9 Å². The molecule has 1 N–H and O–H groups in total. The largest absolute Gasteiger partial charge is 0.310 e. The van der Waals surface area contributed by atoms with Crippen LogP contribution in [0.25, 0.3) is 9.40 Å². The van der Waals surface area contributed by atoms with Gasteiger partial charge in [-0.15, -0.1) is 22.7 Å². The number of fused-ring (bicyclic) bond motifs is 1. The van der Waals surface area contributed by atoms with E-state index in [9.17, 15) is 0 Å². The second-order valence-corrected chi connectivity index (χ2v) is 7.03. The molecule has 1 atom stereocenters. The topological polar surface area (TPSA) is 29.9 Å². The minimum absolute atomic E-state index is 0.449. The number of aryl methyl sites for hydroxylation is 2. The van der Waals surface area contributed by atoms with Gasteiger partial charge in [0, 0.05) is 33.6 Å². The van der Waals surface area contributed by atoms with Gasteiger partial charge in [0.15, 0.2) is 0 Å². The lowest BCUT2D eigenvalue weighted by Gasteiger charge is -2.15. The van der Waals surface area contributed by atoms with E-state index < -0.39 is 0 Å². The Morgan fingerprint density at radius 2 is 2.30 bits per heavy atom. The molecule has 0 aliphatic carbocycles. The van der Waals surface area contributed by atoms with Gasteiger partial charge in [0.2, 0.25) is 0 Å². The van der Waals surface area contributed by atoms with Gasteiger partial charge in [-0.05, 0) is 42.5 Å². The van der Waals surface area contributed by atoms with Crippen LogP contribution in [-0.2, 0) is 13.5 Å². The second kappa shape index (κ2) is 6.08. The van der Waals surface area contributed by atoms with Crippen molar-refractivity contribution in [1.29, 1.82) is 0 Å². The van der Waals surface area contributed by atoms with E-state index in [1.807, 2.05) is 40.6 Å².